The van der Waals surface area contributed by atoms with Gasteiger partial charge in [0.15, 0.2) is 0 Å². The summed E-state index contributed by atoms with van der Waals surface area (Å²) in [5, 5.41) is 0. The smallest absolute Gasteiger partial charge is 0.267 e. The van der Waals surface area contributed by atoms with Gasteiger partial charge in [0.2, 0.25) is 0 Å². The van der Waals surface area contributed by atoms with Gasteiger partial charge >= 0.3 is 0 Å². The van der Waals surface area contributed by atoms with Gasteiger partial charge in [-0.1, -0.05) is 22.4 Å². The summed E-state index contributed by atoms with van der Waals surface area (Å²) in [5.74, 6) is 0.860. The largest absolute Gasteiger partial charge is 0.493 e. The summed E-state index contributed by atoms with van der Waals surface area (Å²) in [7, 11) is 0. The van der Waals surface area contributed by atoms with Crippen LogP contribution in [-0.2, 0) is 0 Å². The van der Waals surface area contributed by atoms with Crippen molar-refractivity contribution < 1.29 is 13.5 Å². The topological polar surface area (TPSA) is 9.23 Å². The van der Waals surface area contributed by atoms with Gasteiger partial charge in [0.05, 0.1) is 12.2 Å². The van der Waals surface area contributed by atoms with Gasteiger partial charge in [-0.15, -0.1) is 0 Å². The van der Waals surface area contributed by atoms with Crippen LogP contribution in [-0.4, -0.2) is 6.61 Å². The van der Waals surface area contributed by atoms with Gasteiger partial charge < -0.3 is 4.74 Å². The predicted molar refractivity (Wildman–Crippen MR) is 61.9 cm³/mol. The number of alkyl halides is 2. The first-order valence-electron chi connectivity index (χ1n) is 5.37. The molecule has 0 unspecified atom stereocenters. The number of halogens is 3. The van der Waals surface area contributed by atoms with Crippen molar-refractivity contribution in [3.05, 3.63) is 28.2 Å². The number of hydrogen-bond acceptors (Lipinski definition) is 1. The van der Waals surface area contributed by atoms with Crippen LogP contribution in [0.25, 0.3) is 0 Å². The zero-order valence-corrected chi connectivity index (χ0v) is 10.3. The third-order valence-corrected chi connectivity index (χ3v) is 3.40. The van der Waals surface area contributed by atoms with Crippen LogP contribution < -0.4 is 4.74 Å². The number of benzene rings is 1. The minimum absolute atomic E-state index is 0.0336. The van der Waals surface area contributed by atoms with Crippen molar-refractivity contribution in [1.82, 2.24) is 0 Å². The predicted octanol–water partition coefficient (Wildman–Crippen LogP) is 4.57. The summed E-state index contributed by atoms with van der Waals surface area (Å²) < 4.78 is 31.6. The molecule has 1 aromatic rings. The molecule has 88 valence electrons. The first-order chi connectivity index (χ1) is 7.66. The molecule has 1 aromatic carbocycles. The Hall–Kier alpha value is -0.640. The Kier molecular flexibility index (Phi) is 3.79. The van der Waals surface area contributed by atoms with Crippen LogP contribution in [0.15, 0.2) is 22.7 Å². The highest BCUT2D eigenvalue weighted by Gasteiger charge is 2.20. The Morgan fingerprint density at radius 2 is 2.12 bits per heavy atom. The first-order valence-corrected chi connectivity index (χ1v) is 6.16. The Bertz CT molecular complexity index is 364. The maximum absolute atomic E-state index is 12.7. The van der Waals surface area contributed by atoms with Crippen LogP contribution in [0.4, 0.5) is 8.78 Å². The van der Waals surface area contributed by atoms with Gasteiger partial charge in [-0.2, -0.15) is 0 Å². The molecule has 1 saturated carbocycles. The number of hydrogen-bond donors (Lipinski definition) is 0. The van der Waals surface area contributed by atoms with Gasteiger partial charge in [0, 0.05) is 4.47 Å². The summed E-state index contributed by atoms with van der Waals surface area (Å²) in [6.07, 6.45) is 1.05. The molecular weight excluding hydrogens is 278 g/mol. The minimum Gasteiger partial charge on any atom is -0.493 e. The zero-order chi connectivity index (χ0) is 11.5. The van der Waals surface area contributed by atoms with Crippen molar-refractivity contribution in [2.75, 3.05) is 6.61 Å². The van der Waals surface area contributed by atoms with Crippen LogP contribution in [0, 0.1) is 5.92 Å². The van der Waals surface area contributed by atoms with Crippen molar-refractivity contribution in [2.45, 2.75) is 25.7 Å². The van der Waals surface area contributed by atoms with Crippen LogP contribution >= 0.6 is 15.9 Å². The molecule has 0 N–H and O–H groups in total. The average molecular weight is 291 g/mol. The van der Waals surface area contributed by atoms with E-state index in [-0.39, 0.29) is 5.56 Å². The van der Waals surface area contributed by atoms with E-state index in [0.717, 1.165) is 12.8 Å². The molecule has 4 heteroatoms. The van der Waals surface area contributed by atoms with Crippen molar-refractivity contribution >= 4 is 15.9 Å². The number of ether oxygens (including phenoxy) is 1. The molecule has 0 atom stereocenters. The van der Waals surface area contributed by atoms with E-state index in [0.29, 0.717) is 22.7 Å². The van der Waals surface area contributed by atoms with E-state index >= 15 is 0 Å². The van der Waals surface area contributed by atoms with Gasteiger partial charge in [0.25, 0.3) is 6.43 Å². The SMILES string of the molecule is FC(F)c1cc(Br)ccc1OCC1CCC1. The normalized spacial score (nSPS) is 16.2. The fraction of sp³-hybridized carbons (Fsp3) is 0.500. The molecule has 0 saturated heterocycles. The molecule has 1 aliphatic carbocycles. The van der Waals surface area contributed by atoms with Crippen molar-refractivity contribution in [1.29, 1.82) is 0 Å². The molecule has 0 heterocycles. The molecule has 0 bridgehead atoms. The molecule has 16 heavy (non-hydrogen) atoms. The second kappa shape index (κ2) is 5.13. The summed E-state index contributed by atoms with van der Waals surface area (Å²) in [6, 6.07) is 4.74. The molecule has 1 nitrogen and oxygen atoms in total. The standard InChI is InChI=1S/C12H13BrF2O/c13-9-4-5-11(10(6-9)12(14)15)16-7-8-2-1-3-8/h4-6,8,12H,1-3,7H2. The first kappa shape index (κ1) is 11.8. The van der Waals surface area contributed by atoms with Gasteiger partial charge in [-0.25, -0.2) is 8.78 Å². The quantitative estimate of drug-likeness (QED) is 0.789. The Morgan fingerprint density at radius 1 is 1.38 bits per heavy atom. The van der Waals surface area contributed by atoms with Gasteiger partial charge in [-0.3, -0.25) is 0 Å². The van der Waals surface area contributed by atoms with Crippen LogP contribution in [0.1, 0.15) is 31.3 Å². The zero-order valence-electron chi connectivity index (χ0n) is 8.76. The third-order valence-electron chi connectivity index (χ3n) is 2.91. The summed E-state index contributed by atoms with van der Waals surface area (Å²) in [6.45, 7) is 0.557. The molecule has 0 radical (unpaired) electrons. The Balaban J connectivity index is 2.05. The van der Waals surface area contributed by atoms with Crippen LogP contribution in [0.3, 0.4) is 0 Å². The Labute approximate surface area is 102 Å². The maximum atomic E-state index is 12.7. The van der Waals surface area contributed by atoms with E-state index in [2.05, 4.69) is 15.9 Å². The summed E-state index contributed by atoms with van der Waals surface area (Å²) in [5.41, 5.74) is -0.0336. The molecular formula is C12H13BrF2O. The molecule has 1 fully saturated rings. The highest BCUT2D eigenvalue weighted by atomic mass is 79.9. The van der Waals surface area contributed by atoms with Crippen LogP contribution in [0.2, 0.25) is 0 Å². The number of rotatable bonds is 4. The molecule has 0 amide bonds. The monoisotopic (exact) mass is 290 g/mol. The lowest BCUT2D eigenvalue weighted by Gasteiger charge is -2.25. The van der Waals surface area contributed by atoms with Crippen molar-refractivity contribution in [2.24, 2.45) is 5.92 Å². The fourth-order valence-electron chi connectivity index (χ4n) is 1.69. The van der Waals surface area contributed by atoms with E-state index in [1.807, 2.05) is 0 Å². The van der Waals surface area contributed by atoms with Gasteiger partial charge in [-0.05, 0) is 37.0 Å². The second-order valence-corrected chi connectivity index (χ2v) is 5.01. The Morgan fingerprint density at radius 3 is 2.69 bits per heavy atom. The maximum Gasteiger partial charge on any atom is 0.267 e. The molecule has 0 aromatic heterocycles. The molecule has 0 aliphatic heterocycles. The summed E-state index contributed by atoms with van der Waals surface area (Å²) >= 11 is 3.18. The van der Waals surface area contributed by atoms with E-state index in [9.17, 15) is 8.78 Å². The lowest BCUT2D eigenvalue weighted by molar-refractivity contribution is 0.136. The highest BCUT2D eigenvalue weighted by molar-refractivity contribution is 9.10. The van der Waals surface area contributed by atoms with E-state index in [1.165, 1.54) is 12.5 Å². The van der Waals surface area contributed by atoms with Crippen molar-refractivity contribution in [3.63, 3.8) is 0 Å². The van der Waals surface area contributed by atoms with Crippen LogP contribution in [0.5, 0.6) is 5.75 Å². The molecule has 1 aliphatic rings. The fourth-order valence-corrected chi connectivity index (χ4v) is 2.07. The van der Waals surface area contributed by atoms with Gasteiger partial charge in [0.1, 0.15) is 5.75 Å². The summed E-state index contributed by atoms with van der Waals surface area (Å²) in [4.78, 5) is 0. The van der Waals surface area contributed by atoms with E-state index in [1.54, 1.807) is 12.1 Å². The lowest BCUT2D eigenvalue weighted by Crippen LogP contribution is -2.19. The minimum atomic E-state index is -2.49. The third kappa shape index (κ3) is 2.73. The molecule has 0 spiro atoms. The molecule has 2 rings (SSSR count). The average Bonchev–Trinajstić information content (AvgIpc) is 2.17. The van der Waals surface area contributed by atoms with Crippen molar-refractivity contribution in [3.8, 4) is 5.75 Å². The van der Waals surface area contributed by atoms with E-state index < -0.39 is 6.43 Å². The lowest BCUT2D eigenvalue weighted by atomic mass is 9.86. The highest BCUT2D eigenvalue weighted by Crippen LogP contribution is 2.33. The second-order valence-electron chi connectivity index (χ2n) is 4.09. The van der Waals surface area contributed by atoms with E-state index in [4.69, 9.17) is 4.74 Å².